The van der Waals surface area contributed by atoms with E-state index in [9.17, 15) is 0 Å². The van der Waals surface area contributed by atoms with Crippen molar-refractivity contribution in [2.45, 2.75) is 25.4 Å². The lowest BCUT2D eigenvalue weighted by atomic mass is 10.4. The Bertz CT molecular complexity index is 533. The lowest BCUT2D eigenvalue weighted by Gasteiger charge is -1.95. The summed E-state index contributed by atoms with van der Waals surface area (Å²) in [7, 11) is 0. The fraction of sp³-hybridized carbons (Fsp3) is 0.400. The lowest BCUT2D eigenvalue weighted by molar-refractivity contribution is 0.679. The van der Waals surface area contributed by atoms with Gasteiger partial charge < -0.3 is 5.32 Å². The molecule has 0 radical (unpaired) electrons. The average molecular weight is 306 g/mol. The minimum Gasteiger partial charge on any atom is -0.308 e. The smallest absolute Gasteiger partial charge is 0.150 e. The van der Waals surface area contributed by atoms with Crippen LogP contribution in [0, 0.1) is 0 Å². The van der Waals surface area contributed by atoms with Gasteiger partial charge in [0.2, 0.25) is 0 Å². The number of nitrogens with one attached hydrogen (secondary N) is 1. The molecule has 0 aromatic carbocycles. The van der Waals surface area contributed by atoms with E-state index in [-0.39, 0.29) is 0 Å². The SMILES string of the molecule is Clc1cc(-c2nnc(CNC3CC3)s2)c(Cl)s1. The molecule has 1 N–H and O–H groups in total. The van der Waals surface area contributed by atoms with Crippen molar-refractivity contribution < 1.29 is 0 Å². The zero-order valence-electron chi connectivity index (χ0n) is 8.74. The predicted molar refractivity (Wildman–Crippen MR) is 73.1 cm³/mol. The van der Waals surface area contributed by atoms with E-state index in [0.717, 1.165) is 22.1 Å². The number of halogens is 2. The van der Waals surface area contributed by atoms with E-state index >= 15 is 0 Å². The van der Waals surface area contributed by atoms with Crippen LogP contribution in [0.25, 0.3) is 10.6 Å². The highest BCUT2D eigenvalue weighted by molar-refractivity contribution is 7.21. The summed E-state index contributed by atoms with van der Waals surface area (Å²) in [6.45, 7) is 0.790. The molecule has 0 unspecified atom stereocenters. The molecule has 1 fully saturated rings. The Morgan fingerprint density at radius 2 is 2.12 bits per heavy atom. The van der Waals surface area contributed by atoms with Gasteiger partial charge in [-0.3, -0.25) is 0 Å². The molecule has 90 valence electrons. The van der Waals surface area contributed by atoms with Crippen molar-refractivity contribution >= 4 is 45.9 Å². The van der Waals surface area contributed by atoms with Crippen LogP contribution >= 0.6 is 45.9 Å². The van der Waals surface area contributed by atoms with Gasteiger partial charge in [0.15, 0.2) is 0 Å². The molecular weight excluding hydrogens is 297 g/mol. The van der Waals surface area contributed by atoms with Crippen molar-refractivity contribution in [1.29, 1.82) is 0 Å². The first-order chi connectivity index (χ1) is 8.22. The van der Waals surface area contributed by atoms with Crippen molar-refractivity contribution in [3.8, 4) is 10.6 Å². The fourth-order valence-electron chi connectivity index (χ4n) is 1.44. The first-order valence-electron chi connectivity index (χ1n) is 5.23. The third kappa shape index (κ3) is 2.80. The van der Waals surface area contributed by atoms with Crippen LogP contribution in [0.2, 0.25) is 8.67 Å². The molecule has 3 nitrogen and oxygen atoms in total. The average Bonchev–Trinajstić information content (AvgIpc) is 2.90. The van der Waals surface area contributed by atoms with E-state index in [2.05, 4.69) is 15.5 Å². The van der Waals surface area contributed by atoms with E-state index in [1.165, 1.54) is 24.2 Å². The van der Waals surface area contributed by atoms with Crippen LogP contribution in [0.4, 0.5) is 0 Å². The van der Waals surface area contributed by atoms with Crippen molar-refractivity contribution in [3.63, 3.8) is 0 Å². The molecule has 2 aromatic rings. The predicted octanol–water partition coefficient (Wildman–Crippen LogP) is 3.83. The zero-order valence-corrected chi connectivity index (χ0v) is 11.9. The van der Waals surface area contributed by atoms with Crippen LogP contribution in [0.15, 0.2) is 6.07 Å². The number of hydrogen-bond donors (Lipinski definition) is 1. The molecule has 1 saturated carbocycles. The standard InChI is InChI=1S/C10H9Cl2N3S2/c11-7-3-6(9(12)16-7)10-15-14-8(17-10)4-13-5-1-2-5/h3,5,13H,1-2,4H2. The molecular formula is C10H9Cl2N3S2. The molecule has 0 aliphatic heterocycles. The van der Waals surface area contributed by atoms with E-state index in [0.29, 0.717) is 14.7 Å². The normalized spacial score (nSPS) is 15.4. The van der Waals surface area contributed by atoms with Crippen molar-refractivity contribution in [3.05, 3.63) is 19.7 Å². The Hall–Kier alpha value is -0.200. The molecule has 0 amide bonds. The van der Waals surface area contributed by atoms with Gasteiger partial charge >= 0.3 is 0 Å². The summed E-state index contributed by atoms with van der Waals surface area (Å²) in [5.41, 5.74) is 0.886. The molecule has 17 heavy (non-hydrogen) atoms. The highest BCUT2D eigenvalue weighted by Gasteiger charge is 2.21. The highest BCUT2D eigenvalue weighted by Crippen LogP contribution is 2.39. The Morgan fingerprint density at radius 3 is 2.76 bits per heavy atom. The molecule has 0 saturated heterocycles. The molecule has 2 aromatic heterocycles. The fourth-order valence-corrected chi connectivity index (χ4v) is 3.84. The molecule has 0 spiro atoms. The van der Waals surface area contributed by atoms with Gasteiger partial charge in [-0.25, -0.2) is 0 Å². The Morgan fingerprint density at radius 1 is 1.29 bits per heavy atom. The maximum atomic E-state index is 6.08. The van der Waals surface area contributed by atoms with Gasteiger partial charge in [-0.15, -0.1) is 21.5 Å². The monoisotopic (exact) mass is 305 g/mol. The Kier molecular flexibility index (Phi) is 3.36. The van der Waals surface area contributed by atoms with Crippen LogP contribution in [0.3, 0.4) is 0 Å². The summed E-state index contributed by atoms with van der Waals surface area (Å²) >= 11 is 14.9. The summed E-state index contributed by atoms with van der Waals surface area (Å²) in [6.07, 6.45) is 2.55. The summed E-state index contributed by atoms with van der Waals surface area (Å²) in [5, 5.41) is 13.5. The van der Waals surface area contributed by atoms with Crippen LogP contribution in [0.5, 0.6) is 0 Å². The topological polar surface area (TPSA) is 37.8 Å². The highest BCUT2D eigenvalue weighted by atomic mass is 35.5. The second-order valence-electron chi connectivity index (χ2n) is 3.89. The number of hydrogen-bond acceptors (Lipinski definition) is 5. The maximum Gasteiger partial charge on any atom is 0.150 e. The third-order valence-corrected chi connectivity index (χ3v) is 4.92. The van der Waals surface area contributed by atoms with Crippen LogP contribution < -0.4 is 5.32 Å². The van der Waals surface area contributed by atoms with E-state index in [1.807, 2.05) is 6.07 Å². The first-order valence-corrected chi connectivity index (χ1v) is 7.62. The minimum atomic E-state index is 0.674. The van der Waals surface area contributed by atoms with E-state index < -0.39 is 0 Å². The first kappa shape index (κ1) is 11.9. The van der Waals surface area contributed by atoms with Crippen molar-refractivity contribution in [2.75, 3.05) is 0 Å². The van der Waals surface area contributed by atoms with Gasteiger partial charge in [0, 0.05) is 18.2 Å². The molecule has 7 heteroatoms. The Labute approximate surface area is 117 Å². The third-order valence-electron chi connectivity index (χ3n) is 2.47. The van der Waals surface area contributed by atoms with Crippen molar-refractivity contribution in [2.24, 2.45) is 0 Å². The number of rotatable bonds is 4. The number of nitrogens with zero attached hydrogens (tertiary/aromatic N) is 2. The van der Waals surface area contributed by atoms with Crippen LogP contribution in [-0.2, 0) is 6.54 Å². The summed E-state index contributed by atoms with van der Waals surface area (Å²) in [6, 6.07) is 2.52. The maximum absolute atomic E-state index is 6.08. The van der Waals surface area contributed by atoms with Gasteiger partial charge in [0.1, 0.15) is 14.4 Å². The second-order valence-corrected chi connectivity index (χ2v) is 7.24. The van der Waals surface area contributed by atoms with Gasteiger partial charge in [0.05, 0.1) is 4.34 Å². The number of aromatic nitrogens is 2. The summed E-state index contributed by atoms with van der Waals surface area (Å²) < 4.78 is 1.35. The lowest BCUT2D eigenvalue weighted by Crippen LogP contribution is -2.14. The van der Waals surface area contributed by atoms with Crippen LogP contribution in [-0.4, -0.2) is 16.2 Å². The second kappa shape index (κ2) is 4.82. The summed E-state index contributed by atoms with van der Waals surface area (Å²) in [4.78, 5) is 0. The zero-order chi connectivity index (χ0) is 11.8. The molecule has 1 aliphatic rings. The Balaban J connectivity index is 1.76. The van der Waals surface area contributed by atoms with Crippen molar-refractivity contribution in [1.82, 2.24) is 15.5 Å². The molecule has 1 aliphatic carbocycles. The molecule has 0 bridgehead atoms. The van der Waals surface area contributed by atoms with Gasteiger partial charge in [-0.05, 0) is 18.9 Å². The largest absolute Gasteiger partial charge is 0.308 e. The molecule has 0 atom stereocenters. The quantitative estimate of drug-likeness (QED) is 0.933. The number of thiophene rings is 1. The van der Waals surface area contributed by atoms with E-state index in [1.54, 1.807) is 11.3 Å². The van der Waals surface area contributed by atoms with Gasteiger partial charge in [0.25, 0.3) is 0 Å². The summed E-state index contributed by atoms with van der Waals surface area (Å²) in [5.74, 6) is 0. The van der Waals surface area contributed by atoms with Gasteiger partial charge in [-0.1, -0.05) is 34.5 Å². The molecule has 2 heterocycles. The van der Waals surface area contributed by atoms with Crippen LogP contribution in [0.1, 0.15) is 17.8 Å². The van der Waals surface area contributed by atoms with E-state index in [4.69, 9.17) is 23.2 Å². The molecule has 3 rings (SSSR count). The van der Waals surface area contributed by atoms with Gasteiger partial charge in [-0.2, -0.15) is 0 Å². The minimum absolute atomic E-state index is 0.674.